The van der Waals surface area contributed by atoms with Crippen LogP contribution in [0.4, 0.5) is 0 Å². The van der Waals surface area contributed by atoms with Crippen molar-refractivity contribution in [1.29, 1.82) is 0 Å². The second kappa shape index (κ2) is 4.01. The molecule has 84 valence electrons. The first-order valence-corrected chi connectivity index (χ1v) is 6.38. The van der Waals surface area contributed by atoms with Crippen LogP contribution in [0.2, 0.25) is 0 Å². The third kappa shape index (κ3) is 3.05. The van der Waals surface area contributed by atoms with Gasteiger partial charge in [0.2, 0.25) is 5.88 Å². The van der Waals surface area contributed by atoms with Gasteiger partial charge in [0.15, 0.2) is 9.84 Å². The first-order valence-electron chi connectivity index (χ1n) is 4.32. The van der Waals surface area contributed by atoms with E-state index < -0.39 is 21.3 Å². The highest BCUT2D eigenvalue weighted by Crippen LogP contribution is 2.09. The number of rotatable bonds is 3. The lowest BCUT2D eigenvalue weighted by molar-refractivity contribution is 0.441. The minimum Gasteiger partial charge on any atom is -0.493 e. The molecule has 0 aliphatic carbocycles. The maximum absolute atomic E-state index is 11.3. The van der Waals surface area contributed by atoms with E-state index in [-0.39, 0.29) is 17.1 Å². The lowest BCUT2D eigenvalue weighted by Crippen LogP contribution is -2.18. The highest BCUT2D eigenvalue weighted by atomic mass is 32.2. The predicted octanol–water partition coefficient (Wildman–Crippen LogP) is -0.417. The molecule has 0 atom stereocenters. The summed E-state index contributed by atoms with van der Waals surface area (Å²) in [7, 11) is -3.27. The van der Waals surface area contributed by atoms with Gasteiger partial charge in [0, 0.05) is 6.26 Å². The van der Waals surface area contributed by atoms with Crippen molar-refractivity contribution in [2.75, 3.05) is 6.26 Å². The van der Waals surface area contributed by atoms with E-state index >= 15 is 0 Å². The van der Waals surface area contributed by atoms with Crippen molar-refractivity contribution < 1.29 is 13.5 Å². The van der Waals surface area contributed by atoms with Gasteiger partial charge in [-0.1, -0.05) is 6.92 Å². The Balaban J connectivity index is 3.21. The number of H-pyrrole nitrogens is 1. The summed E-state index contributed by atoms with van der Waals surface area (Å²) < 4.78 is 21.9. The molecule has 7 heteroatoms. The number of sulfone groups is 1. The number of nitrogens with one attached hydrogen (secondary N) is 1. The Bertz CT molecular complexity index is 518. The third-order valence-electron chi connectivity index (χ3n) is 1.80. The number of hydrogen-bond donors (Lipinski definition) is 2. The number of aromatic hydroxyl groups is 1. The Morgan fingerprint density at radius 2 is 2.07 bits per heavy atom. The summed E-state index contributed by atoms with van der Waals surface area (Å²) in [5.41, 5.74) is -0.337. The van der Waals surface area contributed by atoms with Gasteiger partial charge in [-0.05, 0) is 6.42 Å². The molecule has 1 aromatic rings. The molecule has 0 radical (unpaired) electrons. The monoisotopic (exact) mass is 232 g/mol. The standard InChI is InChI=1S/C8H12N2O4S/c1-3-5-7(11)9-6(10-8(5)12)4-15(2,13)14/h3-4H2,1-2H3,(H2,9,10,11,12). The molecule has 0 saturated heterocycles. The average molecular weight is 232 g/mol. The predicted molar refractivity (Wildman–Crippen MR) is 54.4 cm³/mol. The molecule has 0 spiro atoms. The van der Waals surface area contributed by atoms with Crippen molar-refractivity contribution >= 4 is 9.84 Å². The van der Waals surface area contributed by atoms with Gasteiger partial charge in [0.05, 0.1) is 5.56 Å². The second-order valence-electron chi connectivity index (χ2n) is 3.24. The van der Waals surface area contributed by atoms with Crippen LogP contribution in [-0.4, -0.2) is 29.7 Å². The summed E-state index contributed by atoms with van der Waals surface area (Å²) in [4.78, 5) is 17.3. The molecule has 1 heterocycles. The number of hydrogen-bond acceptors (Lipinski definition) is 5. The fourth-order valence-electron chi connectivity index (χ4n) is 1.17. The van der Waals surface area contributed by atoms with Crippen molar-refractivity contribution in [1.82, 2.24) is 9.97 Å². The van der Waals surface area contributed by atoms with E-state index in [9.17, 15) is 18.3 Å². The molecule has 15 heavy (non-hydrogen) atoms. The van der Waals surface area contributed by atoms with Crippen molar-refractivity contribution in [3.8, 4) is 5.88 Å². The Morgan fingerprint density at radius 3 is 2.47 bits per heavy atom. The lowest BCUT2D eigenvalue weighted by Gasteiger charge is -2.02. The lowest BCUT2D eigenvalue weighted by atomic mass is 10.2. The Hall–Kier alpha value is -1.37. The summed E-state index contributed by atoms with van der Waals surface area (Å²) in [5, 5.41) is 9.34. The summed E-state index contributed by atoms with van der Waals surface area (Å²) in [5.74, 6) is -0.836. The maximum Gasteiger partial charge on any atom is 0.257 e. The van der Waals surface area contributed by atoms with Crippen LogP contribution in [0.1, 0.15) is 18.3 Å². The highest BCUT2D eigenvalue weighted by Gasteiger charge is 2.12. The molecule has 1 rings (SSSR count). The summed E-state index contributed by atoms with van der Waals surface area (Å²) >= 11 is 0. The molecule has 0 amide bonds. The van der Waals surface area contributed by atoms with Crippen LogP contribution in [0.5, 0.6) is 5.88 Å². The topological polar surface area (TPSA) is 100 Å². The van der Waals surface area contributed by atoms with Crippen LogP contribution >= 0.6 is 0 Å². The molecule has 0 saturated carbocycles. The second-order valence-corrected chi connectivity index (χ2v) is 5.38. The minimum atomic E-state index is -3.27. The fraction of sp³-hybridized carbons (Fsp3) is 0.500. The van der Waals surface area contributed by atoms with Crippen molar-refractivity contribution in [2.24, 2.45) is 0 Å². The van der Waals surface area contributed by atoms with Gasteiger partial charge in [-0.15, -0.1) is 0 Å². The van der Waals surface area contributed by atoms with E-state index in [1.54, 1.807) is 6.92 Å². The first-order chi connectivity index (χ1) is 6.83. The Labute approximate surface area is 86.9 Å². The Morgan fingerprint density at radius 1 is 1.47 bits per heavy atom. The number of aromatic amines is 1. The van der Waals surface area contributed by atoms with E-state index in [0.717, 1.165) is 6.26 Å². The normalized spacial score (nSPS) is 11.6. The molecule has 0 fully saturated rings. The van der Waals surface area contributed by atoms with E-state index in [1.807, 2.05) is 0 Å². The Kier molecular flexibility index (Phi) is 3.13. The molecule has 1 aromatic heterocycles. The zero-order valence-electron chi connectivity index (χ0n) is 8.44. The molecule has 0 aromatic carbocycles. The number of nitrogens with zero attached hydrogens (tertiary/aromatic N) is 1. The molecule has 0 unspecified atom stereocenters. The van der Waals surface area contributed by atoms with Crippen LogP contribution in [0.15, 0.2) is 4.79 Å². The zero-order chi connectivity index (χ0) is 11.6. The molecule has 0 aliphatic rings. The molecular formula is C8H12N2O4S. The van der Waals surface area contributed by atoms with Crippen molar-refractivity contribution in [2.45, 2.75) is 19.1 Å². The molecule has 2 N–H and O–H groups in total. The number of aromatic nitrogens is 2. The van der Waals surface area contributed by atoms with E-state index in [0.29, 0.717) is 6.42 Å². The van der Waals surface area contributed by atoms with Crippen LogP contribution in [0, 0.1) is 0 Å². The zero-order valence-corrected chi connectivity index (χ0v) is 9.26. The van der Waals surface area contributed by atoms with Gasteiger partial charge in [-0.25, -0.2) is 8.42 Å². The smallest absolute Gasteiger partial charge is 0.257 e. The van der Waals surface area contributed by atoms with E-state index in [1.165, 1.54) is 0 Å². The maximum atomic E-state index is 11.3. The van der Waals surface area contributed by atoms with E-state index in [4.69, 9.17) is 0 Å². The molecule has 0 aliphatic heterocycles. The van der Waals surface area contributed by atoms with Gasteiger partial charge >= 0.3 is 0 Å². The van der Waals surface area contributed by atoms with Crippen LogP contribution in [0.3, 0.4) is 0 Å². The quantitative estimate of drug-likeness (QED) is 0.737. The summed E-state index contributed by atoms with van der Waals surface area (Å²) in [6.45, 7) is 1.70. The molecule has 6 nitrogen and oxygen atoms in total. The highest BCUT2D eigenvalue weighted by molar-refractivity contribution is 7.89. The minimum absolute atomic E-state index is 0.0443. The SMILES string of the molecule is CCc1c(O)nc(CS(C)(=O)=O)[nH]c1=O. The average Bonchev–Trinajstić information content (AvgIpc) is 1.99. The summed E-state index contributed by atoms with van der Waals surface area (Å²) in [6, 6.07) is 0. The van der Waals surface area contributed by atoms with Crippen LogP contribution in [-0.2, 0) is 22.0 Å². The van der Waals surface area contributed by atoms with Gasteiger partial charge in [-0.3, -0.25) is 4.79 Å². The van der Waals surface area contributed by atoms with Crippen LogP contribution < -0.4 is 5.56 Å². The third-order valence-corrected chi connectivity index (χ3v) is 2.59. The van der Waals surface area contributed by atoms with Gasteiger partial charge in [-0.2, -0.15) is 4.98 Å². The van der Waals surface area contributed by atoms with Crippen molar-refractivity contribution in [3.63, 3.8) is 0 Å². The van der Waals surface area contributed by atoms with Crippen molar-refractivity contribution in [3.05, 3.63) is 21.7 Å². The van der Waals surface area contributed by atoms with Gasteiger partial charge in [0.1, 0.15) is 11.6 Å². The van der Waals surface area contributed by atoms with Gasteiger partial charge < -0.3 is 10.1 Å². The van der Waals surface area contributed by atoms with Gasteiger partial charge in [0.25, 0.3) is 5.56 Å². The fourth-order valence-corrected chi connectivity index (χ4v) is 1.80. The van der Waals surface area contributed by atoms with E-state index in [2.05, 4.69) is 9.97 Å². The molecular weight excluding hydrogens is 220 g/mol. The first kappa shape index (κ1) is 11.7. The largest absolute Gasteiger partial charge is 0.493 e. The summed E-state index contributed by atoms with van der Waals surface area (Å²) in [6.07, 6.45) is 1.37. The van der Waals surface area contributed by atoms with Crippen LogP contribution in [0.25, 0.3) is 0 Å². The molecule has 0 bridgehead atoms.